The number of aromatic amines is 1. The van der Waals surface area contributed by atoms with Gasteiger partial charge in [-0.3, -0.25) is 9.59 Å². The van der Waals surface area contributed by atoms with Crippen molar-refractivity contribution in [2.24, 2.45) is 0 Å². The van der Waals surface area contributed by atoms with Crippen molar-refractivity contribution in [1.29, 1.82) is 0 Å². The molecule has 0 aliphatic rings. The standard InChI is InChI=1S/C24H21N3O2S/c1-27(16-21-25-20-15-9-8-14-19(20)23(28)26-21)24(29)22(17-10-4-2-5-11-17)30-18-12-6-3-7-13-18/h2-15,22H,16H2,1H3,(H,25,26,28)/t22-/m1/s1. The number of para-hydroxylation sites is 1. The van der Waals surface area contributed by atoms with E-state index in [-0.39, 0.29) is 18.0 Å². The number of fused-ring (bicyclic) bond motifs is 1. The van der Waals surface area contributed by atoms with Crippen LogP contribution in [0.3, 0.4) is 0 Å². The highest BCUT2D eigenvalue weighted by atomic mass is 32.2. The molecule has 0 saturated carbocycles. The number of nitrogens with zero attached hydrogens (tertiary/aromatic N) is 2. The number of rotatable bonds is 6. The highest BCUT2D eigenvalue weighted by Gasteiger charge is 2.25. The van der Waals surface area contributed by atoms with Gasteiger partial charge in [0, 0.05) is 11.9 Å². The van der Waals surface area contributed by atoms with Crippen molar-refractivity contribution in [1.82, 2.24) is 14.9 Å². The zero-order chi connectivity index (χ0) is 20.9. The molecule has 0 aliphatic heterocycles. The minimum atomic E-state index is -0.397. The molecule has 1 amide bonds. The number of likely N-dealkylation sites (N-methyl/N-ethyl adjacent to an activating group) is 1. The van der Waals surface area contributed by atoms with E-state index in [2.05, 4.69) is 9.97 Å². The summed E-state index contributed by atoms with van der Waals surface area (Å²) in [5, 5.41) is 0.141. The fourth-order valence-electron chi connectivity index (χ4n) is 3.24. The van der Waals surface area contributed by atoms with Crippen LogP contribution in [0.1, 0.15) is 16.6 Å². The summed E-state index contributed by atoms with van der Waals surface area (Å²) in [5.74, 6) is 0.414. The van der Waals surface area contributed by atoms with Crippen molar-refractivity contribution in [3.63, 3.8) is 0 Å². The van der Waals surface area contributed by atoms with Gasteiger partial charge >= 0.3 is 0 Å². The maximum Gasteiger partial charge on any atom is 0.258 e. The Kier molecular flexibility index (Phi) is 5.95. The van der Waals surface area contributed by atoms with E-state index >= 15 is 0 Å². The third-order valence-corrected chi connectivity index (χ3v) is 6.00. The summed E-state index contributed by atoms with van der Waals surface area (Å²) in [7, 11) is 1.74. The molecule has 3 aromatic carbocycles. The molecular formula is C24H21N3O2S. The van der Waals surface area contributed by atoms with Gasteiger partial charge in [-0.05, 0) is 29.8 Å². The second-order valence-electron chi connectivity index (χ2n) is 6.95. The van der Waals surface area contributed by atoms with Crippen LogP contribution in [0.25, 0.3) is 10.9 Å². The van der Waals surface area contributed by atoms with E-state index in [9.17, 15) is 9.59 Å². The van der Waals surface area contributed by atoms with Gasteiger partial charge < -0.3 is 9.88 Å². The highest BCUT2D eigenvalue weighted by Crippen LogP contribution is 2.36. The van der Waals surface area contributed by atoms with Crippen molar-refractivity contribution in [2.45, 2.75) is 16.7 Å². The molecule has 30 heavy (non-hydrogen) atoms. The molecule has 6 heteroatoms. The Balaban J connectivity index is 1.60. The Hall–Kier alpha value is -3.38. The number of benzene rings is 3. The zero-order valence-electron chi connectivity index (χ0n) is 16.5. The lowest BCUT2D eigenvalue weighted by Crippen LogP contribution is -2.31. The van der Waals surface area contributed by atoms with Gasteiger partial charge in [0.1, 0.15) is 11.1 Å². The summed E-state index contributed by atoms with van der Waals surface area (Å²) in [6.45, 7) is 0.220. The van der Waals surface area contributed by atoms with E-state index in [1.54, 1.807) is 30.1 Å². The number of carbonyl (C=O) groups is 1. The summed E-state index contributed by atoms with van der Waals surface area (Å²) >= 11 is 1.51. The molecule has 4 rings (SSSR count). The number of thioether (sulfide) groups is 1. The minimum Gasteiger partial charge on any atom is -0.337 e. The average Bonchev–Trinajstić information content (AvgIpc) is 2.78. The Morgan fingerprint density at radius 1 is 0.967 bits per heavy atom. The molecule has 1 aromatic heterocycles. The molecule has 0 saturated heterocycles. The first-order valence-electron chi connectivity index (χ1n) is 9.61. The summed E-state index contributed by atoms with van der Waals surface area (Å²) in [4.78, 5) is 35.7. The van der Waals surface area contributed by atoms with Crippen LogP contribution in [-0.2, 0) is 11.3 Å². The Bertz CT molecular complexity index is 1210. The number of H-pyrrole nitrogens is 1. The third kappa shape index (κ3) is 4.44. The van der Waals surface area contributed by atoms with Crippen LogP contribution in [-0.4, -0.2) is 27.8 Å². The van der Waals surface area contributed by atoms with Crippen molar-refractivity contribution in [3.05, 3.63) is 107 Å². The van der Waals surface area contributed by atoms with E-state index in [1.807, 2.05) is 66.7 Å². The molecule has 5 nitrogen and oxygen atoms in total. The first kappa shape index (κ1) is 19.9. The molecule has 0 radical (unpaired) electrons. The second kappa shape index (κ2) is 8.97. The van der Waals surface area contributed by atoms with Crippen LogP contribution >= 0.6 is 11.8 Å². The number of amides is 1. The van der Waals surface area contributed by atoms with E-state index in [1.165, 1.54) is 11.8 Å². The normalized spacial score (nSPS) is 11.9. The number of hydrogen-bond donors (Lipinski definition) is 1. The molecule has 1 heterocycles. The van der Waals surface area contributed by atoms with Crippen LogP contribution in [0, 0.1) is 0 Å². The van der Waals surface area contributed by atoms with Gasteiger partial charge in [0.25, 0.3) is 5.56 Å². The fraction of sp³-hybridized carbons (Fsp3) is 0.125. The maximum absolute atomic E-state index is 13.4. The zero-order valence-corrected chi connectivity index (χ0v) is 17.3. The topological polar surface area (TPSA) is 66.1 Å². The smallest absolute Gasteiger partial charge is 0.258 e. The van der Waals surface area contributed by atoms with Crippen LogP contribution < -0.4 is 5.56 Å². The predicted molar refractivity (Wildman–Crippen MR) is 120 cm³/mol. The molecule has 0 bridgehead atoms. The molecule has 1 N–H and O–H groups in total. The Morgan fingerprint density at radius 2 is 1.60 bits per heavy atom. The molecular weight excluding hydrogens is 394 g/mol. The number of hydrogen-bond acceptors (Lipinski definition) is 4. The van der Waals surface area contributed by atoms with Gasteiger partial charge in [0.05, 0.1) is 17.4 Å². The van der Waals surface area contributed by atoms with E-state index in [4.69, 9.17) is 0 Å². The first-order chi connectivity index (χ1) is 14.6. The van der Waals surface area contributed by atoms with E-state index < -0.39 is 5.25 Å². The van der Waals surface area contributed by atoms with E-state index in [0.717, 1.165) is 10.5 Å². The number of carbonyl (C=O) groups excluding carboxylic acids is 1. The summed E-state index contributed by atoms with van der Waals surface area (Å²) in [6.07, 6.45) is 0. The lowest BCUT2D eigenvalue weighted by Gasteiger charge is -2.23. The summed E-state index contributed by atoms with van der Waals surface area (Å²) in [5.41, 5.74) is 1.35. The van der Waals surface area contributed by atoms with Crippen molar-refractivity contribution < 1.29 is 4.79 Å². The molecule has 0 fully saturated rings. The minimum absolute atomic E-state index is 0.0501. The van der Waals surface area contributed by atoms with Crippen molar-refractivity contribution in [3.8, 4) is 0 Å². The summed E-state index contributed by atoms with van der Waals surface area (Å²) in [6, 6.07) is 26.8. The number of aromatic nitrogens is 2. The van der Waals surface area contributed by atoms with Crippen LogP contribution in [0.4, 0.5) is 0 Å². The largest absolute Gasteiger partial charge is 0.337 e. The quantitative estimate of drug-likeness (QED) is 0.474. The first-order valence-corrected chi connectivity index (χ1v) is 10.5. The van der Waals surface area contributed by atoms with Gasteiger partial charge in [-0.1, -0.05) is 60.7 Å². The van der Waals surface area contributed by atoms with Crippen molar-refractivity contribution in [2.75, 3.05) is 7.05 Å². The van der Waals surface area contributed by atoms with Gasteiger partial charge in [-0.2, -0.15) is 0 Å². The molecule has 150 valence electrons. The monoisotopic (exact) mass is 415 g/mol. The van der Waals surface area contributed by atoms with Gasteiger partial charge in [-0.15, -0.1) is 11.8 Å². The van der Waals surface area contributed by atoms with Crippen LogP contribution in [0.5, 0.6) is 0 Å². The molecule has 4 aromatic rings. The maximum atomic E-state index is 13.4. The lowest BCUT2D eigenvalue weighted by atomic mass is 10.1. The van der Waals surface area contributed by atoms with Crippen molar-refractivity contribution >= 4 is 28.6 Å². The molecule has 0 unspecified atom stereocenters. The Morgan fingerprint density at radius 3 is 2.33 bits per heavy atom. The van der Waals surface area contributed by atoms with Gasteiger partial charge in [0.2, 0.25) is 5.91 Å². The highest BCUT2D eigenvalue weighted by molar-refractivity contribution is 8.00. The van der Waals surface area contributed by atoms with E-state index in [0.29, 0.717) is 16.7 Å². The third-order valence-electron chi connectivity index (χ3n) is 4.75. The average molecular weight is 416 g/mol. The van der Waals surface area contributed by atoms with Gasteiger partial charge in [0.15, 0.2) is 0 Å². The fourth-order valence-corrected chi connectivity index (χ4v) is 4.40. The lowest BCUT2D eigenvalue weighted by molar-refractivity contribution is -0.130. The second-order valence-corrected chi connectivity index (χ2v) is 8.12. The van der Waals surface area contributed by atoms with Gasteiger partial charge in [-0.25, -0.2) is 4.98 Å². The molecule has 0 aliphatic carbocycles. The van der Waals surface area contributed by atoms with Crippen LogP contribution in [0.15, 0.2) is 94.6 Å². The SMILES string of the molecule is CN(Cc1nc2ccccc2c(=O)[nH]1)C(=O)[C@H](Sc1ccccc1)c1ccccc1. The van der Waals surface area contributed by atoms with Crippen LogP contribution in [0.2, 0.25) is 0 Å². The predicted octanol–water partition coefficient (Wildman–Crippen LogP) is 4.42. The summed E-state index contributed by atoms with van der Waals surface area (Å²) < 4.78 is 0. The number of nitrogens with one attached hydrogen (secondary N) is 1. The molecule has 1 atom stereocenters. The molecule has 0 spiro atoms. The Labute approximate surface area is 178 Å².